The van der Waals surface area contributed by atoms with E-state index in [1.54, 1.807) is 12.1 Å². The molecule has 1 aliphatic heterocycles. The van der Waals surface area contributed by atoms with E-state index in [4.69, 9.17) is 11.5 Å². The van der Waals surface area contributed by atoms with Crippen LogP contribution in [0.15, 0.2) is 28.7 Å². The number of nitrogens with zero attached hydrogens (tertiary/aromatic N) is 1. The molecule has 1 aromatic carbocycles. The molecule has 1 heterocycles. The Balaban J connectivity index is 2.56. The minimum absolute atomic E-state index is 0.454. The first-order valence-corrected chi connectivity index (χ1v) is 5.85. The van der Waals surface area contributed by atoms with Crippen LogP contribution in [0.2, 0.25) is 0 Å². The maximum atomic E-state index is 11.3. The number of benzene rings is 1. The Morgan fingerprint density at radius 2 is 2.19 bits per heavy atom. The fourth-order valence-electron chi connectivity index (χ4n) is 1.78. The first kappa shape index (κ1) is 11.2. The maximum Gasteiger partial charge on any atom is 0.249 e. The molecule has 5 heteroatoms. The summed E-state index contributed by atoms with van der Waals surface area (Å²) in [5.41, 5.74) is 13.0. The summed E-state index contributed by atoms with van der Waals surface area (Å²) in [6.45, 7) is 1.87. The van der Waals surface area contributed by atoms with Crippen molar-refractivity contribution in [1.82, 2.24) is 0 Å². The zero-order chi connectivity index (χ0) is 11.8. The molecular formula is C11H13N3OS. The maximum absolute atomic E-state index is 11.3. The van der Waals surface area contributed by atoms with E-state index in [-0.39, 0.29) is 0 Å². The Morgan fingerprint density at radius 1 is 1.50 bits per heavy atom. The van der Waals surface area contributed by atoms with Gasteiger partial charge in [-0.25, -0.2) is 4.40 Å². The van der Waals surface area contributed by atoms with Gasteiger partial charge < -0.3 is 11.5 Å². The summed E-state index contributed by atoms with van der Waals surface area (Å²) in [6.07, 6.45) is 0. The van der Waals surface area contributed by atoms with Crippen LogP contribution in [-0.2, 0) is 5.54 Å². The summed E-state index contributed by atoms with van der Waals surface area (Å²) in [4.78, 5) is 11.3. The van der Waals surface area contributed by atoms with Crippen LogP contribution >= 0.6 is 11.9 Å². The van der Waals surface area contributed by atoms with Crippen molar-refractivity contribution >= 4 is 23.6 Å². The summed E-state index contributed by atoms with van der Waals surface area (Å²) in [5, 5.41) is 0. The SMILES string of the molecule is CC1=NSCC1(N)c1ccccc1C(N)=O. The molecule has 4 N–H and O–H groups in total. The number of primary amides is 1. The largest absolute Gasteiger partial charge is 0.366 e. The quantitative estimate of drug-likeness (QED) is 0.752. The summed E-state index contributed by atoms with van der Waals surface area (Å²) >= 11 is 1.42. The molecule has 16 heavy (non-hydrogen) atoms. The first-order valence-electron chi connectivity index (χ1n) is 4.91. The highest BCUT2D eigenvalue weighted by atomic mass is 32.2. The monoisotopic (exact) mass is 235 g/mol. The van der Waals surface area contributed by atoms with E-state index in [9.17, 15) is 4.79 Å². The van der Waals surface area contributed by atoms with Gasteiger partial charge in [0.05, 0.1) is 5.54 Å². The molecule has 4 nitrogen and oxygen atoms in total. The second-order valence-electron chi connectivity index (χ2n) is 3.83. The molecule has 1 aliphatic rings. The van der Waals surface area contributed by atoms with Gasteiger partial charge in [-0.05, 0) is 30.5 Å². The molecule has 0 radical (unpaired) electrons. The summed E-state index contributed by atoms with van der Waals surface area (Å²) in [7, 11) is 0. The summed E-state index contributed by atoms with van der Waals surface area (Å²) in [6, 6.07) is 7.17. The van der Waals surface area contributed by atoms with Gasteiger partial charge in [0.2, 0.25) is 5.91 Å². The molecule has 0 fully saturated rings. The Hall–Kier alpha value is -1.33. The average Bonchev–Trinajstić information content (AvgIpc) is 2.60. The molecule has 1 aromatic rings. The van der Waals surface area contributed by atoms with Crippen molar-refractivity contribution in [2.45, 2.75) is 12.5 Å². The highest BCUT2D eigenvalue weighted by molar-refractivity contribution is 7.98. The lowest BCUT2D eigenvalue weighted by molar-refractivity contribution is 0.0998. The van der Waals surface area contributed by atoms with Crippen LogP contribution in [0.5, 0.6) is 0 Å². The van der Waals surface area contributed by atoms with Gasteiger partial charge in [-0.3, -0.25) is 4.79 Å². The predicted molar refractivity (Wildman–Crippen MR) is 66.4 cm³/mol. The smallest absolute Gasteiger partial charge is 0.249 e. The zero-order valence-electron chi connectivity index (χ0n) is 8.93. The second-order valence-corrected chi connectivity index (χ2v) is 4.56. The van der Waals surface area contributed by atoms with Crippen molar-refractivity contribution < 1.29 is 4.79 Å². The predicted octanol–water partition coefficient (Wildman–Crippen LogP) is 1.06. The van der Waals surface area contributed by atoms with Crippen molar-refractivity contribution in [3.05, 3.63) is 35.4 Å². The minimum Gasteiger partial charge on any atom is -0.366 e. The highest BCUT2D eigenvalue weighted by Crippen LogP contribution is 2.33. The van der Waals surface area contributed by atoms with Crippen molar-refractivity contribution in [1.29, 1.82) is 0 Å². The standard InChI is InChI=1S/C11H13N3OS/c1-7-11(13,6-16-14-7)9-5-3-2-4-8(9)10(12)15/h2-5H,6,13H2,1H3,(H2,12,15). The third-order valence-electron chi connectivity index (χ3n) is 2.81. The van der Waals surface area contributed by atoms with Crippen molar-refractivity contribution in [3.8, 4) is 0 Å². The number of carbonyl (C=O) groups is 1. The third kappa shape index (κ3) is 1.62. The molecular weight excluding hydrogens is 222 g/mol. The van der Waals surface area contributed by atoms with E-state index >= 15 is 0 Å². The van der Waals surface area contributed by atoms with Gasteiger partial charge >= 0.3 is 0 Å². The molecule has 1 atom stereocenters. The Morgan fingerprint density at radius 3 is 2.75 bits per heavy atom. The first-order chi connectivity index (χ1) is 7.55. The number of nitrogens with two attached hydrogens (primary N) is 2. The number of hydrogen-bond donors (Lipinski definition) is 2. The van der Waals surface area contributed by atoms with E-state index in [0.29, 0.717) is 11.3 Å². The van der Waals surface area contributed by atoms with E-state index < -0.39 is 11.4 Å². The Bertz CT molecular complexity index is 472. The highest BCUT2D eigenvalue weighted by Gasteiger charge is 2.37. The van der Waals surface area contributed by atoms with Crippen LogP contribution < -0.4 is 11.5 Å². The van der Waals surface area contributed by atoms with Gasteiger partial charge in [-0.2, -0.15) is 0 Å². The van der Waals surface area contributed by atoms with E-state index in [1.807, 2.05) is 19.1 Å². The summed E-state index contributed by atoms with van der Waals surface area (Å²) in [5.74, 6) is 0.188. The number of amides is 1. The van der Waals surface area contributed by atoms with Crippen LogP contribution in [0.3, 0.4) is 0 Å². The van der Waals surface area contributed by atoms with Crippen LogP contribution in [0, 0.1) is 0 Å². The van der Waals surface area contributed by atoms with Crippen LogP contribution in [-0.4, -0.2) is 17.4 Å². The molecule has 1 amide bonds. The molecule has 1 unspecified atom stereocenters. The average molecular weight is 235 g/mol. The molecule has 0 aromatic heterocycles. The lowest BCUT2D eigenvalue weighted by Gasteiger charge is -2.25. The van der Waals surface area contributed by atoms with E-state index in [0.717, 1.165) is 11.3 Å². The lowest BCUT2D eigenvalue weighted by Crippen LogP contribution is -2.45. The molecule has 0 saturated carbocycles. The molecule has 2 rings (SSSR count). The van der Waals surface area contributed by atoms with Crippen molar-refractivity contribution in [2.75, 3.05) is 5.75 Å². The zero-order valence-corrected chi connectivity index (χ0v) is 9.75. The lowest BCUT2D eigenvalue weighted by atomic mass is 9.85. The Labute approximate surface area is 98.2 Å². The Kier molecular flexibility index (Phi) is 2.73. The normalized spacial score (nSPS) is 24.2. The second kappa shape index (κ2) is 3.92. The number of carbonyl (C=O) groups excluding carboxylic acids is 1. The van der Waals surface area contributed by atoms with Crippen LogP contribution in [0.25, 0.3) is 0 Å². The van der Waals surface area contributed by atoms with Crippen molar-refractivity contribution in [2.24, 2.45) is 15.9 Å². The topological polar surface area (TPSA) is 81.5 Å². The summed E-state index contributed by atoms with van der Waals surface area (Å²) < 4.78 is 4.22. The molecule has 0 saturated heterocycles. The van der Waals surface area contributed by atoms with E-state index in [1.165, 1.54) is 11.9 Å². The van der Waals surface area contributed by atoms with Gasteiger partial charge in [0.1, 0.15) is 0 Å². The number of rotatable bonds is 2. The minimum atomic E-state index is -0.670. The number of hydrogen-bond acceptors (Lipinski definition) is 4. The van der Waals surface area contributed by atoms with Gasteiger partial charge in [0, 0.05) is 17.0 Å². The van der Waals surface area contributed by atoms with E-state index in [2.05, 4.69) is 4.40 Å². The fraction of sp³-hybridized carbons (Fsp3) is 0.273. The third-order valence-corrected chi connectivity index (χ3v) is 3.80. The van der Waals surface area contributed by atoms with Gasteiger partial charge in [-0.1, -0.05) is 18.2 Å². The van der Waals surface area contributed by atoms with Crippen LogP contribution in [0.1, 0.15) is 22.8 Å². The van der Waals surface area contributed by atoms with Crippen LogP contribution in [0.4, 0.5) is 0 Å². The molecule has 0 aliphatic carbocycles. The van der Waals surface area contributed by atoms with Gasteiger partial charge in [-0.15, -0.1) is 0 Å². The molecule has 0 bridgehead atoms. The molecule has 84 valence electrons. The molecule has 0 spiro atoms. The fourth-order valence-corrected chi connectivity index (χ4v) is 2.77. The van der Waals surface area contributed by atoms with Gasteiger partial charge in [0.15, 0.2) is 0 Å². The van der Waals surface area contributed by atoms with Gasteiger partial charge in [0.25, 0.3) is 0 Å². The van der Waals surface area contributed by atoms with Crippen molar-refractivity contribution in [3.63, 3.8) is 0 Å².